The van der Waals surface area contributed by atoms with Gasteiger partial charge < -0.3 is 35.3 Å². The van der Waals surface area contributed by atoms with E-state index in [9.17, 15) is 14.4 Å². The number of carbonyl (C=O) groups is 3. The maximum atomic E-state index is 11.7. The third-order valence-electron chi connectivity index (χ3n) is 2.86. The maximum Gasteiger partial charge on any atom is 0.341 e. The highest BCUT2D eigenvalue weighted by atomic mass is 16.6. The average Bonchev–Trinajstić information content (AvgIpc) is 3.01. The molecule has 2 unspecified atom stereocenters. The van der Waals surface area contributed by atoms with Crippen molar-refractivity contribution in [3.8, 4) is 0 Å². The van der Waals surface area contributed by atoms with Gasteiger partial charge in [-0.2, -0.15) is 0 Å². The molecule has 0 aliphatic carbocycles. The Labute approximate surface area is 150 Å². The zero-order chi connectivity index (χ0) is 20.7. The zero-order valence-electron chi connectivity index (χ0n) is 15.0. The van der Waals surface area contributed by atoms with E-state index in [1.54, 1.807) is 6.07 Å². The number of aliphatic hydroxyl groups excluding tert-OH is 2. The number of carboxylic acid groups (broad SMARTS) is 2. The molecule has 0 saturated carbocycles. The quantitative estimate of drug-likeness (QED) is 0.440. The first-order chi connectivity index (χ1) is 11.8. The lowest BCUT2D eigenvalue weighted by molar-refractivity contribution is -0.165. The summed E-state index contributed by atoms with van der Waals surface area (Å²) in [5.74, 6) is -3.31. The number of hydrogen-bond acceptors (Lipinski definition) is 8. The topological polar surface area (TPSA) is 181 Å². The molecule has 0 aliphatic rings. The second-order valence-electron chi connectivity index (χ2n) is 6.32. The number of aliphatic carboxylic acids is 2. The summed E-state index contributed by atoms with van der Waals surface area (Å²) in [5.41, 5.74) is 5.70. The number of rotatable bonds is 6. The normalized spacial score (nSPS) is 14.4. The van der Waals surface area contributed by atoms with Gasteiger partial charge in [0.2, 0.25) is 0 Å². The van der Waals surface area contributed by atoms with E-state index < -0.39 is 29.7 Å². The minimum absolute atomic E-state index is 0.170. The van der Waals surface area contributed by atoms with Gasteiger partial charge in [0.25, 0.3) is 0 Å². The van der Waals surface area contributed by atoms with Crippen LogP contribution in [-0.2, 0) is 14.3 Å². The van der Waals surface area contributed by atoms with Crippen LogP contribution in [0, 0.1) is 0 Å². The summed E-state index contributed by atoms with van der Waals surface area (Å²) in [5, 5.41) is 32.5. The van der Waals surface area contributed by atoms with Crippen LogP contribution in [0.5, 0.6) is 0 Å². The van der Waals surface area contributed by atoms with Gasteiger partial charge in [0.1, 0.15) is 17.6 Å². The number of ether oxygens (including phenoxy) is 1. The molecule has 26 heavy (non-hydrogen) atoms. The molecule has 1 heterocycles. The van der Waals surface area contributed by atoms with Gasteiger partial charge in [0.15, 0.2) is 12.2 Å². The summed E-state index contributed by atoms with van der Waals surface area (Å²) in [6.45, 7) is 7.43. The molecule has 148 valence electrons. The number of carbonyl (C=O) groups excluding carboxylic acids is 1. The van der Waals surface area contributed by atoms with Crippen LogP contribution >= 0.6 is 0 Å². The number of esters is 1. The summed E-state index contributed by atoms with van der Waals surface area (Å²) >= 11 is 0. The molecule has 0 bridgehead atoms. The largest absolute Gasteiger partial charge is 0.479 e. The van der Waals surface area contributed by atoms with Crippen molar-refractivity contribution in [2.75, 3.05) is 0 Å². The highest BCUT2D eigenvalue weighted by molar-refractivity contribution is 5.89. The molecule has 0 saturated heterocycles. The van der Waals surface area contributed by atoms with Crippen molar-refractivity contribution in [2.45, 2.75) is 58.0 Å². The molecule has 0 radical (unpaired) electrons. The molecular formula is C16H25NO9. The first kappa shape index (κ1) is 23.6. The number of hydrogen-bond donors (Lipinski definition) is 5. The monoisotopic (exact) mass is 375 g/mol. The zero-order valence-corrected chi connectivity index (χ0v) is 15.0. The van der Waals surface area contributed by atoms with E-state index in [0.29, 0.717) is 11.3 Å². The van der Waals surface area contributed by atoms with Gasteiger partial charge in [-0.25, -0.2) is 14.4 Å². The number of nitrogens with two attached hydrogens (primary N) is 1. The molecule has 1 aromatic rings. The van der Waals surface area contributed by atoms with Crippen molar-refractivity contribution in [3.63, 3.8) is 0 Å². The SMILES string of the molecule is CC[C@@H](N)c1cc(C(=O)OC(C)(C)C)co1.O=C(O)C(O)C(O)C(=O)O. The summed E-state index contributed by atoms with van der Waals surface area (Å²) in [4.78, 5) is 31.2. The van der Waals surface area contributed by atoms with Crippen LogP contribution in [0.2, 0.25) is 0 Å². The molecule has 10 heteroatoms. The molecular weight excluding hydrogens is 350 g/mol. The van der Waals surface area contributed by atoms with Gasteiger partial charge in [0.05, 0.1) is 11.6 Å². The molecule has 0 fully saturated rings. The lowest BCUT2D eigenvalue weighted by Crippen LogP contribution is -2.39. The Morgan fingerprint density at radius 3 is 1.96 bits per heavy atom. The number of aliphatic hydroxyl groups is 2. The van der Waals surface area contributed by atoms with Crippen LogP contribution < -0.4 is 5.73 Å². The molecule has 10 nitrogen and oxygen atoms in total. The lowest BCUT2D eigenvalue weighted by atomic mass is 10.1. The van der Waals surface area contributed by atoms with Gasteiger partial charge in [-0.1, -0.05) is 6.92 Å². The van der Waals surface area contributed by atoms with E-state index in [1.807, 2.05) is 27.7 Å². The Morgan fingerprint density at radius 1 is 1.15 bits per heavy atom. The van der Waals surface area contributed by atoms with E-state index in [-0.39, 0.29) is 12.0 Å². The third-order valence-corrected chi connectivity index (χ3v) is 2.86. The Morgan fingerprint density at radius 2 is 1.62 bits per heavy atom. The minimum atomic E-state index is -2.27. The summed E-state index contributed by atoms with van der Waals surface area (Å²) < 4.78 is 10.4. The van der Waals surface area contributed by atoms with E-state index in [1.165, 1.54) is 6.26 Å². The first-order valence-electron chi connectivity index (χ1n) is 7.69. The van der Waals surface area contributed by atoms with Gasteiger partial charge >= 0.3 is 17.9 Å². The molecule has 1 aromatic heterocycles. The second kappa shape index (κ2) is 9.90. The predicted octanol–water partition coefficient (Wildman–Crippen LogP) is 0.522. The molecule has 6 N–H and O–H groups in total. The van der Waals surface area contributed by atoms with E-state index in [4.69, 9.17) is 35.3 Å². The van der Waals surface area contributed by atoms with Gasteiger partial charge in [-0.15, -0.1) is 0 Å². The Balaban J connectivity index is 0.000000541. The molecule has 0 aliphatic heterocycles. The lowest BCUT2D eigenvalue weighted by Gasteiger charge is -2.18. The van der Waals surface area contributed by atoms with Crippen molar-refractivity contribution >= 4 is 17.9 Å². The summed E-state index contributed by atoms with van der Waals surface area (Å²) in [6, 6.07) is 1.47. The van der Waals surface area contributed by atoms with E-state index in [0.717, 1.165) is 6.42 Å². The van der Waals surface area contributed by atoms with Crippen molar-refractivity contribution < 1.29 is 44.0 Å². The molecule has 0 spiro atoms. The minimum Gasteiger partial charge on any atom is -0.479 e. The van der Waals surface area contributed by atoms with Gasteiger partial charge in [0, 0.05) is 0 Å². The van der Waals surface area contributed by atoms with Crippen LogP contribution in [0.4, 0.5) is 0 Å². The number of carboxylic acids is 2. The second-order valence-corrected chi connectivity index (χ2v) is 6.32. The average molecular weight is 375 g/mol. The Kier molecular flexibility index (Phi) is 8.97. The highest BCUT2D eigenvalue weighted by Gasteiger charge is 2.29. The third kappa shape index (κ3) is 8.10. The van der Waals surface area contributed by atoms with Crippen molar-refractivity contribution in [3.05, 3.63) is 23.7 Å². The smallest absolute Gasteiger partial charge is 0.341 e. The first-order valence-corrected chi connectivity index (χ1v) is 7.69. The van der Waals surface area contributed by atoms with Crippen molar-refractivity contribution in [1.29, 1.82) is 0 Å². The van der Waals surface area contributed by atoms with Gasteiger partial charge in [-0.05, 0) is 33.3 Å². The van der Waals surface area contributed by atoms with Crippen LogP contribution in [0.25, 0.3) is 0 Å². The summed E-state index contributed by atoms with van der Waals surface area (Å²) in [7, 11) is 0. The molecule has 0 aromatic carbocycles. The van der Waals surface area contributed by atoms with E-state index >= 15 is 0 Å². The van der Waals surface area contributed by atoms with Crippen LogP contribution in [0.3, 0.4) is 0 Å². The van der Waals surface area contributed by atoms with E-state index in [2.05, 4.69) is 0 Å². The van der Waals surface area contributed by atoms with Crippen molar-refractivity contribution in [2.24, 2.45) is 5.73 Å². The Bertz CT molecular complexity index is 599. The van der Waals surface area contributed by atoms with Crippen molar-refractivity contribution in [1.82, 2.24) is 0 Å². The van der Waals surface area contributed by atoms with Crippen LogP contribution in [0.1, 0.15) is 56.3 Å². The summed E-state index contributed by atoms with van der Waals surface area (Å²) in [6.07, 6.45) is -2.38. The highest BCUT2D eigenvalue weighted by Crippen LogP contribution is 2.19. The predicted molar refractivity (Wildman–Crippen MR) is 88.4 cm³/mol. The standard InChI is InChI=1S/C12H19NO3.C4H6O6/c1-5-9(13)10-6-8(7-15-10)11(14)16-12(2,3)4;5-1(3(7)8)2(6)4(9)10/h6-7,9H,5,13H2,1-4H3;1-2,5-6H,(H,7,8)(H,9,10)/t9-;/m1./s1. The molecule has 3 atom stereocenters. The fraction of sp³-hybridized carbons (Fsp3) is 0.562. The fourth-order valence-corrected chi connectivity index (χ4v) is 1.46. The molecule has 0 amide bonds. The van der Waals surface area contributed by atoms with Crippen LogP contribution in [0.15, 0.2) is 16.7 Å². The fourth-order valence-electron chi connectivity index (χ4n) is 1.46. The van der Waals surface area contributed by atoms with Gasteiger partial charge in [-0.3, -0.25) is 0 Å². The number of furan rings is 1. The maximum absolute atomic E-state index is 11.7. The Hall–Kier alpha value is -2.43. The van der Waals surface area contributed by atoms with Crippen LogP contribution in [-0.4, -0.2) is 56.1 Å². The molecule has 1 rings (SSSR count).